The number of aliphatic carboxylic acids is 1. The van der Waals surface area contributed by atoms with Crippen molar-refractivity contribution in [2.75, 3.05) is 5.75 Å². The van der Waals surface area contributed by atoms with Gasteiger partial charge in [-0.1, -0.05) is 19.9 Å². The molecule has 0 aromatic heterocycles. The van der Waals surface area contributed by atoms with Crippen LogP contribution >= 0.6 is 11.8 Å². The predicted octanol–water partition coefficient (Wildman–Crippen LogP) is 2.85. The molecular formula is C14H21NO2S. The zero-order valence-corrected chi connectivity index (χ0v) is 12.2. The molecule has 0 heterocycles. The van der Waals surface area contributed by atoms with E-state index in [0.29, 0.717) is 5.75 Å². The Balaban J connectivity index is 2.61. The third-order valence-corrected chi connectivity index (χ3v) is 3.81. The second-order valence-electron chi connectivity index (χ2n) is 4.77. The number of rotatable bonds is 6. The number of thioether (sulfide) groups is 1. The fraction of sp³-hybridized carbons (Fsp3) is 0.500. The van der Waals surface area contributed by atoms with Crippen molar-refractivity contribution in [2.24, 2.45) is 0 Å². The van der Waals surface area contributed by atoms with Crippen molar-refractivity contribution in [3.63, 3.8) is 0 Å². The van der Waals surface area contributed by atoms with E-state index in [2.05, 4.69) is 31.3 Å². The number of hydrogen-bond donors (Lipinski definition) is 2. The van der Waals surface area contributed by atoms with Crippen molar-refractivity contribution >= 4 is 17.7 Å². The Kier molecular flexibility index (Phi) is 5.69. The van der Waals surface area contributed by atoms with Crippen LogP contribution in [0.5, 0.6) is 0 Å². The van der Waals surface area contributed by atoms with Crippen molar-refractivity contribution in [1.82, 2.24) is 5.32 Å². The van der Waals surface area contributed by atoms with E-state index in [9.17, 15) is 4.79 Å². The summed E-state index contributed by atoms with van der Waals surface area (Å²) in [5.74, 6) is -0.254. The SMILES string of the molecule is Cc1ccc(SCC(NC(C)C)C(=O)O)cc1C. The summed E-state index contributed by atoms with van der Waals surface area (Å²) < 4.78 is 0. The molecule has 1 rings (SSSR count). The van der Waals surface area contributed by atoms with Gasteiger partial charge in [0.15, 0.2) is 0 Å². The Hall–Kier alpha value is -1.00. The summed E-state index contributed by atoms with van der Waals surface area (Å²) in [4.78, 5) is 12.2. The topological polar surface area (TPSA) is 49.3 Å². The smallest absolute Gasteiger partial charge is 0.321 e. The van der Waals surface area contributed by atoms with E-state index < -0.39 is 12.0 Å². The molecule has 18 heavy (non-hydrogen) atoms. The number of carbonyl (C=O) groups is 1. The van der Waals surface area contributed by atoms with Crippen LogP contribution in [0, 0.1) is 13.8 Å². The molecule has 100 valence electrons. The normalized spacial score (nSPS) is 12.7. The molecule has 0 spiro atoms. The van der Waals surface area contributed by atoms with E-state index in [-0.39, 0.29) is 6.04 Å². The van der Waals surface area contributed by atoms with E-state index in [0.717, 1.165) is 4.90 Å². The van der Waals surface area contributed by atoms with Gasteiger partial charge >= 0.3 is 5.97 Å². The number of carboxylic acids is 1. The van der Waals surface area contributed by atoms with E-state index in [1.54, 1.807) is 11.8 Å². The minimum atomic E-state index is -0.792. The lowest BCUT2D eigenvalue weighted by atomic mass is 10.1. The molecule has 0 bridgehead atoms. The second-order valence-corrected chi connectivity index (χ2v) is 5.86. The van der Waals surface area contributed by atoms with E-state index >= 15 is 0 Å². The number of benzene rings is 1. The van der Waals surface area contributed by atoms with Crippen LogP contribution in [0.3, 0.4) is 0 Å². The summed E-state index contributed by atoms with van der Waals surface area (Å²) in [6.07, 6.45) is 0. The fourth-order valence-corrected chi connectivity index (χ4v) is 2.60. The Morgan fingerprint density at radius 1 is 1.33 bits per heavy atom. The van der Waals surface area contributed by atoms with Gasteiger partial charge < -0.3 is 10.4 Å². The molecule has 0 saturated carbocycles. The summed E-state index contributed by atoms with van der Waals surface area (Å²) in [6, 6.07) is 5.89. The van der Waals surface area contributed by atoms with Crippen LogP contribution in [0.1, 0.15) is 25.0 Å². The predicted molar refractivity (Wildman–Crippen MR) is 76.3 cm³/mol. The van der Waals surface area contributed by atoms with Crippen molar-refractivity contribution in [3.8, 4) is 0 Å². The molecule has 0 aliphatic heterocycles. The fourth-order valence-electron chi connectivity index (χ4n) is 1.58. The van der Waals surface area contributed by atoms with Crippen LogP contribution < -0.4 is 5.32 Å². The molecule has 0 saturated heterocycles. The first kappa shape index (κ1) is 15.1. The zero-order valence-electron chi connectivity index (χ0n) is 11.4. The van der Waals surface area contributed by atoms with Gasteiger partial charge in [-0.05, 0) is 37.1 Å². The minimum absolute atomic E-state index is 0.173. The Morgan fingerprint density at radius 2 is 2.00 bits per heavy atom. The second kappa shape index (κ2) is 6.81. The Bertz CT molecular complexity index is 418. The average molecular weight is 267 g/mol. The molecule has 1 atom stereocenters. The highest BCUT2D eigenvalue weighted by Crippen LogP contribution is 2.21. The maximum absolute atomic E-state index is 11.1. The lowest BCUT2D eigenvalue weighted by Crippen LogP contribution is -2.42. The third kappa shape index (κ3) is 4.70. The average Bonchev–Trinajstić information content (AvgIpc) is 2.28. The highest BCUT2D eigenvalue weighted by atomic mass is 32.2. The molecule has 1 aromatic rings. The molecule has 1 unspecified atom stereocenters. The van der Waals surface area contributed by atoms with Crippen LogP contribution in [-0.2, 0) is 4.79 Å². The minimum Gasteiger partial charge on any atom is -0.480 e. The summed E-state index contributed by atoms with van der Waals surface area (Å²) >= 11 is 1.58. The first-order valence-corrected chi connectivity index (χ1v) is 7.07. The monoisotopic (exact) mass is 267 g/mol. The first-order chi connectivity index (χ1) is 8.40. The van der Waals surface area contributed by atoms with Gasteiger partial charge in [-0.2, -0.15) is 0 Å². The number of hydrogen-bond acceptors (Lipinski definition) is 3. The Morgan fingerprint density at radius 3 is 2.50 bits per heavy atom. The van der Waals surface area contributed by atoms with Crippen LogP contribution in [-0.4, -0.2) is 28.9 Å². The van der Waals surface area contributed by atoms with Gasteiger partial charge in [0.25, 0.3) is 0 Å². The van der Waals surface area contributed by atoms with Crippen molar-refractivity contribution in [3.05, 3.63) is 29.3 Å². The molecule has 0 radical (unpaired) electrons. The maximum atomic E-state index is 11.1. The van der Waals surface area contributed by atoms with Gasteiger partial charge in [-0.25, -0.2) is 0 Å². The summed E-state index contributed by atoms with van der Waals surface area (Å²) in [6.45, 7) is 8.05. The number of carboxylic acid groups (broad SMARTS) is 1. The first-order valence-electron chi connectivity index (χ1n) is 6.09. The summed E-state index contributed by atoms with van der Waals surface area (Å²) in [5, 5.41) is 12.2. The van der Waals surface area contributed by atoms with E-state index in [4.69, 9.17) is 5.11 Å². The lowest BCUT2D eigenvalue weighted by molar-refractivity contribution is -0.139. The van der Waals surface area contributed by atoms with Crippen LogP contribution in [0.2, 0.25) is 0 Å². The maximum Gasteiger partial charge on any atom is 0.321 e. The van der Waals surface area contributed by atoms with E-state index in [1.165, 1.54) is 11.1 Å². The van der Waals surface area contributed by atoms with Crippen molar-refractivity contribution in [2.45, 2.75) is 44.7 Å². The molecule has 1 aromatic carbocycles. The number of aryl methyl sites for hydroxylation is 2. The highest BCUT2D eigenvalue weighted by molar-refractivity contribution is 7.99. The van der Waals surface area contributed by atoms with Gasteiger partial charge in [-0.3, -0.25) is 4.79 Å². The molecular weight excluding hydrogens is 246 g/mol. The van der Waals surface area contributed by atoms with Crippen molar-refractivity contribution < 1.29 is 9.90 Å². The third-order valence-electron chi connectivity index (χ3n) is 2.73. The van der Waals surface area contributed by atoms with Crippen LogP contribution in [0.15, 0.2) is 23.1 Å². The molecule has 0 amide bonds. The highest BCUT2D eigenvalue weighted by Gasteiger charge is 2.18. The van der Waals surface area contributed by atoms with Gasteiger partial charge in [-0.15, -0.1) is 11.8 Å². The zero-order chi connectivity index (χ0) is 13.7. The Labute approximate surface area is 113 Å². The standard InChI is InChI=1S/C14H21NO2S/c1-9(2)15-13(14(16)17)8-18-12-6-5-10(3)11(4)7-12/h5-7,9,13,15H,8H2,1-4H3,(H,16,17). The largest absolute Gasteiger partial charge is 0.480 e. The molecule has 0 fully saturated rings. The van der Waals surface area contributed by atoms with Crippen molar-refractivity contribution in [1.29, 1.82) is 0 Å². The van der Waals surface area contributed by atoms with Gasteiger partial charge in [0, 0.05) is 16.7 Å². The van der Waals surface area contributed by atoms with Gasteiger partial charge in [0.2, 0.25) is 0 Å². The number of nitrogens with one attached hydrogen (secondary N) is 1. The summed E-state index contributed by atoms with van der Waals surface area (Å²) in [5.41, 5.74) is 2.50. The van der Waals surface area contributed by atoms with Gasteiger partial charge in [0.05, 0.1) is 0 Å². The molecule has 2 N–H and O–H groups in total. The van der Waals surface area contributed by atoms with Crippen LogP contribution in [0.4, 0.5) is 0 Å². The summed E-state index contributed by atoms with van der Waals surface area (Å²) in [7, 11) is 0. The van der Waals surface area contributed by atoms with Gasteiger partial charge in [0.1, 0.15) is 6.04 Å². The van der Waals surface area contributed by atoms with E-state index in [1.807, 2.05) is 19.9 Å². The molecule has 0 aliphatic rings. The molecule has 3 nitrogen and oxygen atoms in total. The lowest BCUT2D eigenvalue weighted by Gasteiger charge is -2.17. The van der Waals surface area contributed by atoms with Crippen LogP contribution in [0.25, 0.3) is 0 Å². The quantitative estimate of drug-likeness (QED) is 0.778. The molecule has 0 aliphatic carbocycles. The molecule has 4 heteroatoms.